The Balaban J connectivity index is 1.82. The lowest BCUT2D eigenvalue weighted by atomic mass is 9.85. The van der Waals surface area contributed by atoms with E-state index in [0.717, 1.165) is 25.1 Å². The van der Waals surface area contributed by atoms with Crippen molar-refractivity contribution in [1.29, 1.82) is 0 Å². The first-order valence-electron chi connectivity index (χ1n) is 10.0. The molecule has 0 unspecified atom stereocenters. The van der Waals surface area contributed by atoms with Gasteiger partial charge in [0, 0.05) is 36.5 Å². The molecule has 1 amide bonds. The molecule has 3 heterocycles. The fourth-order valence-corrected chi connectivity index (χ4v) is 4.15. The molecule has 2 aliphatic rings. The number of anilines is 1. The average Bonchev–Trinajstić information content (AvgIpc) is 3.04. The number of aromatic nitrogens is 2. The third-order valence-electron chi connectivity index (χ3n) is 5.77. The third kappa shape index (κ3) is 4.11. The van der Waals surface area contributed by atoms with Gasteiger partial charge in [0.2, 0.25) is 5.91 Å². The lowest BCUT2D eigenvalue weighted by Gasteiger charge is -2.41. The Hall–Kier alpha value is -1.66. The molecule has 0 bridgehead atoms. The number of carbonyl (C=O) groups is 1. The number of piperidine rings is 1. The lowest BCUT2D eigenvalue weighted by Crippen LogP contribution is -2.49. The van der Waals surface area contributed by atoms with E-state index < -0.39 is 12.5 Å². The summed E-state index contributed by atoms with van der Waals surface area (Å²) in [7, 11) is 0. The summed E-state index contributed by atoms with van der Waals surface area (Å²) >= 11 is 0. The summed E-state index contributed by atoms with van der Waals surface area (Å²) < 4.78 is 29.1. The number of alkyl halides is 2. The first-order chi connectivity index (χ1) is 12.6. The van der Waals surface area contributed by atoms with E-state index >= 15 is 0 Å². The van der Waals surface area contributed by atoms with Crippen molar-refractivity contribution in [2.45, 2.75) is 77.8 Å². The molecular weight excluding hydrogens is 350 g/mol. The fraction of sp³-hybridized carbons (Fsp3) is 0.800. The molecule has 2 aliphatic heterocycles. The van der Waals surface area contributed by atoms with Crippen LogP contribution >= 0.6 is 0 Å². The molecule has 0 aliphatic carbocycles. The predicted octanol–water partition coefficient (Wildman–Crippen LogP) is 4.07. The molecule has 0 aromatic carbocycles. The molecule has 1 aromatic rings. The average molecular weight is 382 g/mol. The minimum absolute atomic E-state index is 0.0346. The number of hydrogen-bond acceptors (Lipinski definition) is 3. The Morgan fingerprint density at radius 2 is 2.04 bits per heavy atom. The van der Waals surface area contributed by atoms with E-state index in [1.165, 1.54) is 4.68 Å². The zero-order valence-electron chi connectivity index (χ0n) is 17.0. The highest BCUT2D eigenvalue weighted by Crippen LogP contribution is 2.38. The van der Waals surface area contributed by atoms with E-state index in [-0.39, 0.29) is 29.2 Å². The Labute approximate surface area is 160 Å². The second kappa shape index (κ2) is 7.40. The molecular formula is C20H32F2N4O. The molecule has 1 saturated heterocycles. The molecule has 3 atom stereocenters. The fourth-order valence-electron chi connectivity index (χ4n) is 4.15. The first-order valence-corrected chi connectivity index (χ1v) is 10.0. The molecule has 1 fully saturated rings. The SMILES string of the molecule is CC(C)C(=O)N1CCC[C@@H]([C@@H]2C[C@H](C(F)F)n3nc(C(C)(C)C)cc3N2)C1. The van der Waals surface area contributed by atoms with Crippen molar-refractivity contribution in [3.05, 3.63) is 11.8 Å². The Bertz CT molecular complexity index is 680. The maximum absolute atomic E-state index is 13.8. The number of fused-ring (bicyclic) bond motifs is 1. The van der Waals surface area contributed by atoms with E-state index in [1.807, 2.05) is 45.6 Å². The van der Waals surface area contributed by atoms with Crippen LogP contribution in [0.4, 0.5) is 14.6 Å². The number of rotatable bonds is 3. The van der Waals surface area contributed by atoms with Crippen LogP contribution in [0.1, 0.15) is 65.6 Å². The van der Waals surface area contributed by atoms with Crippen LogP contribution in [0.25, 0.3) is 0 Å². The summed E-state index contributed by atoms with van der Waals surface area (Å²) in [4.78, 5) is 14.3. The molecule has 0 saturated carbocycles. The van der Waals surface area contributed by atoms with Crippen LogP contribution in [0, 0.1) is 11.8 Å². The maximum atomic E-state index is 13.8. The minimum atomic E-state index is -2.46. The van der Waals surface area contributed by atoms with Crippen molar-refractivity contribution in [1.82, 2.24) is 14.7 Å². The standard InChI is InChI=1S/C20H32F2N4O/c1-12(2)19(27)25-8-6-7-13(11-25)14-9-15(18(21)22)26-17(23-14)10-16(24-26)20(3,4)5/h10,12-15,18,23H,6-9,11H2,1-5H3/t13-,14+,15-/m1/s1. The van der Waals surface area contributed by atoms with Crippen LogP contribution in [0.3, 0.4) is 0 Å². The Morgan fingerprint density at radius 3 is 2.63 bits per heavy atom. The van der Waals surface area contributed by atoms with Crippen molar-refractivity contribution in [3.8, 4) is 0 Å². The summed E-state index contributed by atoms with van der Waals surface area (Å²) in [5.74, 6) is 0.979. The highest BCUT2D eigenvalue weighted by atomic mass is 19.3. The van der Waals surface area contributed by atoms with E-state index in [0.29, 0.717) is 18.8 Å². The summed E-state index contributed by atoms with van der Waals surface area (Å²) in [5.41, 5.74) is 0.621. The second-order valence-electron chi connectivity index (χ2n) is 9.34. The zero-order chi connectivity index (χ0) is 19.9. The van der Waals surface area contributed by atoms with Gasteiger partial charge in [-0.15, -0.1) is 0 Å². The van der Waals surface area contributed by atoms with Crippen LogP contribution in [-0.4, -0.2) is 46.1 Å². The van der Waals surface area contributed by atoms with Gasteiger partial charge in [-0.1, -0.05) is 34.6 Å². The Kier molecular flexibility index (Phi) is 5.50. The van der Waals surface area contributed by atoms with Crippen LogP contribution in [0.5, 0.6) is 0 Å². The number of likely N-dealkylation sites (tertiary alicyclic amines) is 1. The molecule has 5 nitrogen and oxygen atoms in total. The largest absolute Gasteiger partial charge is 0.367 e. The summed E-state index contributed by atoms with van der Waals surface area (Å²) in [6.45, 7) is 11.3. The Morgan fingerprint density at radius 1 is 1.33 bits per heavy atom. The molecule has 27 heavy (non-hydrogen) atoms. The quantitative estimate of drug-likeness (QED) is 0.857. The molecule has 0 radical (unpaired) electrons. The van der Waals surface area contributed by atoms with Crippen molar-refractivity contribution in [3.63, 3.8) is 0 Å². The number of nitrogens with one attached hydrogen (secondary N) is 1. The summed E-state index contributed by atoms with van der Waals surface area (Å²) in [6, 6.07) is 0.920. The topological polar surface area (TPSA) is 50.2 Å². The highest BCUT2D eigenvalue weighted by Gasteiger charge is 2.39. The molecule has 1 N–H and O–H groups in total. The molecule has 0 spiro atoms. The summed E-state index contributed by atoms with van der Waals surface area (Å²) in [6.07, 6.45) is -0.245. The normalized spacial score (nSPS) is 26.3. The molecule has 1 aromatic heterocycles. The second-order valence-corrected chi connectivity index (χ2v) is 9.34. The van der Waals surface area contributed by atoms with Crippen LogP contribution in [0.15, 0.2) is 6.07 Å². The van der Waals surface area contributed by atoms with Crippen LogP contribution < -0.4 is 5.32 Å². The van der Waals surface area contributed by atoms with Gasteiger partial charge in [-0.3, -0.25) is 4.79 Å². The van der Waals surface area contributed by atoms with Gasteiger partial charge in [-0.2, -0.15) is 5.10 Å². The van der Waals surface area contributed by atoms with Gasteiger partial charge in [0.25, 0.3) is 6.43 Å². The number of hydrogen-bond donors (Lipinski definition) is 1. The van der Waals surface area contributed by atoms with E-state index in [9.17, 15) is 13.6 Å². The first kappa shape index (κ1) is 20.1. The van der Waals surface area contributed by atoms with Crippen LogP contribution in [0.2, 0.25) is 0 Å². The van der Waals surface area contributed by atoms with Crippen LogP contribution in [-0.2, 0) is 10.2 Å². The molecule has 3 rings (SSSR count). The van der Waals surface area contributed by atoms with Gasteiger partial charge in [-0.25, -0.2) is 13.5 Å². The minimum Gasteiger partial charge on any atom is -0.367 e. The van der Waals surface area contributed by atoms with E-state index in [2.05, 4.69) is 10.4 Å². The number of nitrogens with zero attached hydrogens (tertiary/aromatic N) is 3. The van der Waals surface area contributed by atoms with E-state index in [4.69, 9.17) is 0 Å². The number of amides is 1. The number of halogens is 2. The van der Waals surface area contributed by atoms with Gasteiger partial charge in [0.1, 0.15) is 11.9 Å². The molecule has 152 valence electrons. The maximum Gasteiger partial charge on any atom is 0.260 e. The smallest absolute Gasteiger partial charge is 0.260 e. The van der Waals surface area contributed by atoms with Gasteiger partial charge in [-0.05, 0) is 25.2 Å². The van der Waals surface area contributed by atoms with Gasteiger partial charge in [0.05, 0.1) is 5.69 Å². The third-order valence-corrected chi connectivity index (χ3v) is 5.77. The van der Waals surface area contributed by atoms with Gasteiger partial charge in [0.15, 0.2) is 0 Å². The van der Waals surface area contributed by atoms with Crippen molar-refractivity contribution < 1.29 is 13.6 Å². The zero-order valence-corrected chi connectivity index (χ0v) is 17.0. The van der Waals surface area contributed by atoms with Crippen molar-refractivity contribution in [2.75, 3.05) is 18.4 Å². The van der Waals surface area contributed by atoms with Gasteiger partial charge >= 0.3 is 0 Å². The van der Waals surface area contributed by atoms with E-state index in [1.54, 1.807) is 0 Å². The van der Waals surface area contributed by atoms with Crippen molar-refractivity contribution >= 4 is 11.7 Å². The van der Waals surface area contributed by atoms with Gasteiger partial charge < -0.3 is 10.2 Å². The monoisotopic (exact) mass is 382 g/mol. The summed E-state index contributed by atoms with van der Waals surface area (Å²) in [5, 5.41) is 7.94. The molecule has 7 heteroatoms. The number of carbonyl (C=O) groups excluding carboxylic acids is 1. The predicted molar refractivity (Wildman–Crippen MR) is 102 cm³/mol. The lowest BCUT2D eigenvalue weighted by molar-refractivity contribution is -0.136. The highest BCUT2D eigenvalue weighted by molar-refractivity contribution is 5.78. The van der Waals surface area contributed by atoms with Crippen molar-refractivity contribution in [2.24, 2.45) is 11.8 Å².